The van der Waals surface area contributed by atoms with Crippen LogP contribution < -0.4 is 5.32 Å². The number of nitrogens with one attached hydrogen (secondary N) is 1. The Morgan fingerprint density at radius 1 is 1.22 bits per heavy atom. The summed E-state index contributed by atoms with van der Waals surface area (Å²) in [6.45, 7) is 0.762. The highest BCUT2D eigenvalue weighted by Crippen LogP contribution is 2.08. The molecule has 0 fully saturated rings. The van der Waals surface area contributed by atoms with Crippen molar-refractivity contribution in [3.63, 3.8) is 0 Å². The molecule has 1 aromatic carbocycles. The molecule has 0 aliphatic rings. The minimum absolute atomic E-state index is 0.184. The lowest BCUT2D eigenvalue weighted by Crippen LogP contribution is -2.06. The Kier molecular flexibility index (Phi) is 4.64. The molecule has 1 N–H and O–H groups in total. The fraction of sp³-hybridized carbons (Fsp3) is 0.231. The van der Waals surface area contributed by atoms with Crippen molar-refractivity contribution in [2.24, 2.45) is 0 Å². The molecule has 3 nitrogen and oxygen atoms in total. The molecule has 2 rings (SSSR count). The van der Waals surface area contributed by atoms with E-state index in [2.05, 4.69) is 31.2 Å². The molecule has 0 unspecified atom stereocenters. The minimum atomic E-state index is -0.184. The fourth-order valence-corrected chi connectivity index (χ4v) is 1.79. The van der Waals surface area contributed by atoms with Crippen molar-refractivity contribution >= 4 is 21.9 Å². The second-order valence-electron chi connectivity index (χ2n) is 3.89. The normalized spacial score (nSPS) is 10.3. The molecule has 2 aromatic rings. The van der Waals surface area contributed by atoms with E-state index in [1.165, 1.54) is 6.07 Å². The first kappa shape index (κ1) is 13.0. The monoisotopic (exact) mass is 309 g/mol. The summed E-state index contributed by atoms with van der Waals surface area (Å²) in [5.41, 5.74) is 1.01. The van der Waals surface area contributed by atoms with Gasteiger partial charge in [0, 0.05) is 18.9 Å². The largest absolute Gasteiger partial charge is 0.354 e. The van der Waals surface area contributed by atoms with Crippen LogP contribution >= 0.6 is 15.9 Å². The lowest BCUT2D eigenvalue weighted by atomic mass is 10.1. The Bertz CT molecular complexity index is 502. The van der Waals surface area contributed by atoms with E-state index in [1.54, 1.807) is 24.5 Å². The number of rotatable bonds is 5. The van der Waals surface area contributed by atoms with E-state index in [0.717, 1.165) is 29.4 Å². The van der Waals surface area contributed by atoms with Gasteiger partial charge >= 0.3 is 0 Å². The van der Waals surface area contributed by atoms with Gasteiger partial charge in [-0.1, -0.05) is 12.1 Å². The van der Waals surface area contributed by atoms with Crippen LogP contribution in [0.15, 0.2) is 41.1 Å². The zero-order valence-corrected chi connectivity index (χ0v) is 11.3. The van der Waals surface area contributed by atoms with Gasteiger partial charge in [0.05, 0.1) is 4.47 Å². The average molecular weight is 310 g/mol. The highest BCUT2D eigenvalue weighted by Gasteiger charge is 1.97. The van der Waals surface area contributed by atoms with Gasteiger partial charge in [-0.25, -0.2) is 14.4 Å². The third-order valence-corrected chi connectivity index (χ3v) is 2.84. The molecule has 0 atom stereocenters. The molecule has 1 aromatic heterocycles. The maximum Gasteiger partial charge on any atom is 0.222 e. The number of hydrogen-bond acceptors (Lipinski definition) is 3. The summed E-state index contributed by atoms with van der Waals surface area (Å²) in [5, 5.41) is 3.12. The van der Waals surface area contributed by atoms with Crippen LogP contribution in [0.4, 0.5) is 10.3 Å². The Labute approximate surface area is 114 Å². The van der Waals surface area contributed by atoms with E-state index in [4.69, 9.17) is 0 Å². The number of aromatic nitrogens is 2. The molecule has 0 spiro atoms. The Morgan fingerprint density at radius 2 is 2.00 bits per heavy atom. The SMILES string of the molecule is Fc1cccc(CCCNc2ncc(Br)cn2)c1. The molecular formula is C13H13BrFN3. The van der Waals surface area contributed by atoms with Crippen molar-refractivity contribution in [2.75, 3.05) is 11.9 Å². The lowest BCUT2D eigenvalue weighted by molar-refractivity contribution is 0.624. The highest BCUT2D eigenvalue weighted by molar-refractivity contribution is 9.10. The Morgan fingerprint density at radius 3 is 2.72 bits per heavy atom. The molecule has 0 bridgehead atoms. The van der Waals surface area contributed by atoms with E-state index in [-0.39, 0.29) is 5.82 Å². The van der Waals surface area contributed by atoms with Gasteiger partial charge in [0.1, 0.15) is 5.82 Å². The van der Waals surface area contributed by atoms with Gasteiger partial charge in [0.15, 0.2) is 0 Å². The van der Waals surface area contributed by atoms with Gasteiger partial charge in [0.25, 0.3) is 0 Å². The second-order valence-corrected chi connectivity index (χ2v) is 4.80. The maximum atomic E-state index is 12.9. The molecule has 1 heterocycles. The van der Waals surface area contributed by atoms with Gasteiger partial charge in [-0.3, -0.25) is 0 Å². The summed E-state index contributed by atoms with van der Waals surface area (Å²) in [4.78, 5) is 8.22. The Hall–Kier alpha value is -1.49. The van der Waals surface area contributed by atoms with Crippen LogP contribution in [0.5, 0.6) is 0 Å². The van der Waals surface area contributed by atoms with Crippen molar-refractivity contribution in [1.82, 2.24) is 9.97 Å². The number of anilines is 1. The van der Waals surface area contributed by atoms with E-state index in [9.17, 15) is 4.39 Å². The number of benzene rings is 1. The van der Waals surface area contributed by atoms with E-state index in [1.807, 2.05) is 6.07 Å². The zero-order valence-electron chi connectivity index (χ0n) is 9.74. The second kappa shape index (κ2) is 6.44. The maximum absolute atomic E-state index is 12.9. The van der Waals surface area contributed by atoms with E-state index >= 15 is 0 Å². The van der Waals surface area contributed by atoms with Crippen LogP contribution in [0.1, 0.15) is 12.0 Å². The summed E-state index contributed by atoms with van der Waals surface area (Å²) in [7, 11) is 0. The standard InChI is InChI=1S/C13H13BrFN3/c14-11-8-17-13(18-9-11)16-6-2-4-10-3-1-5-12(15)7-10/h1,3,5,7-9H,2,4,6H2,(H,16,17,18). The molecular weight excluding hydrogens is 297 g/mol. The summed E-state index contributed by atoms with van der Waals surface area (Å²) < 4.78 is 13.8. The van der Waals surface area contributed by atoms with Crippen molar-refractivity contribution in [2.45, 2.75) is 12.8 Å². The van der Waals surface area contributed by atoms with Gasteiger partial charge in [-0.05, 0) is 46.5 Å². The van der Waals surface area contributed by atoms with Crippen LogP contribution in [0, 0.1) is 5.82 Å². The third kappa shape index (κ3) is 4.07. The van der Waals surface area contributed by atoms with Gasteiger partial charge in [-0.2, -0.15) is 0 Å². The van der Waals surface area contributed by atoms with E-state index in [0.29, 0.717) is 5.95 Å². The smallest absolute Gasteiger partial charge is 0.222 e. The molecule has 0 aliphatic heterocycles. The first-order valence-corrected chi connectivity index (χ1v) is 6.49. The molecule has 18 heavy (non-hydrogen) atoms. The third-order valence-electron chi connectivity index (χ3n) is 2.43. The van der Waals surface area contributed by atoms with Crippen LogP contribution in [0.25, 0.3) is 0 Å². The quantitative estimate of drug-likeness (QED) is 0.860. The first-order valence-electron chi connectivity index (χ1n) is 5.70. The van der Waals surface area contributed by atoms with E-state index < -0.39 is 0 Å². The van der Waals surface area contributed by atoms with Crippen molar-refractivity contribution in [3.05, 3.63) is 52.5 Å². The van der Waals surface area contributed by atoms with Crippen LogP contribution in [-0.4, -0.2) is 16.5 Å². The minimum Gasteiger partial charge on any atom is -0.354 e. The summed E-state index contributed by atoms with van der Waals surface area (Å²) >= 11 is 3.28. The molecule has 0 saturated heterocycles. The number of halogens is 2. The molecule has 5 heteroatoms. The molecule has 0 saturated carbocycles. The van der Waals surface area contributed by atoms with Crippen molar-refractivity contribution in [1.29, 1.82) is 0 Å². The molecule has 94 valence electrons. The van der Waals surface area contributed by atoms with Crippen LogP contribution in [-0.2, 0) is 6.42 Å². The van der Waals surface area contributed by atoms with Crippen molar-refractivity contribution < 1.29 is 4.39 Å². The molecule has 0 radical (unpaired) electrons. The van der Waals surface area contributed by atoms with Gasteiger partial charge in [0.2, 0.25) is 5.95 Å². The predicted molar refractivity (Wildman–Crippen MR) is 72.9 cm³/mol. The van der Waals surface area contributed by atoms with Crippen molar-refractivity contribution in [3.8, 4) is 0 Å². The van der Waals surface area contributed by atoms with Gasteiger partial charge in [-0.15, -0.1) is 0 Å². The number of hydrogen-bond donors (Lipinski definition) is 1. The summed E-state index contributed by atoms with van der Waals surface area (Å²) in [6, 6.07) is 6.68. The zero-order chi connectivity index (χ0) is 12.8. The van der Waals surface area contributed by atoms with Gasteiger partial charge < -0.3 is 5.32 Å². The van der Waals surface area contributed by atoms with Crippen LogP contribution in [0.2, 0.25) is 0 Å². The Balaban J connectivity index is 1.74. The molecule has 0 aliphatic carbocycles. The molecule has 0 amide bonds. The number of aryl methyl sites for hydroxylation is 1. The highest BCUT2D eigenvalue weighted by atomic mass is 79.9. The summed E-state index contributed by atoms with van der Waals surface area (Å²) in [6.07, 6.45) is 5.13. The average Bonchev–Trinajstić information content (AvgIpc) is 2.37. The fourth-order valence-electron chi connectivity index (χ4n) is 1.59. The lowest BCUT2D eigenvalue weighted by Gasteiger charge is -2.04. The predicted octanol–water partition coefficient (Wildman–Crippen LogP) is 3.42. The first-order chi connectivity index (χ1) is 8.74. The topological polar surface area (TPSA) is 37.8 Å². The number of nitrogens with zero attached hydrogens (tertiary/aromatic N) is 2. The summed E-state index contributed by atoms with van der Waals surface area (Å²) in [5.74, 6) is 0.425. The van der Waals surface area contributed by atoms with Crippen LogP contribution in [0.3, 0.4) is 0 Å².